The summed E-state index contributed by atoms with van der Waals surface area (Å²) in [4.78, 5) is 6.79. The predicted octanol–water partition coefficient (Wildman–Crippen LogP) is 2.93. The lowest BCUT2D eigenvalue weighted by atomic mass is 10.0. The van der Waals surface area contributed by atoms with Gasteiger partial charge in [-0.15, -0.1) is 24.0 Å². The summed E-state index contributed by atoms with van der Waals surface area (Å²) in [6.45, 7) is 9.73. The molecule has 1 aromatic carbocycles. The fourth-order valence-corrected chi connectivity index (χ4v) is 4.67. The second-order valence-electron chi connectivity index (χ2n) is 7.83. The van der Waals surface area contributed by atoms with E-state index in [4.69, 9.17) is 5.73 Å². The topological polar surface area (TPSA) is 87.8 Å². The van der Waals surface area contributed by atoms with Gasteiger partial charge in [-0.3, -0.25) is 0 Å². The number of halogens is 1. The lowest BCUT2D eigenvalue weighted by molar-refractivity contribution is 0.270. The Morgan fingerprint density at radius 3 is 2.62 bits per heavy atom. The number of rotatable bonds is 4. The van der Waals surface area contributed by atoms with E-state index in [0.717, 1.165) is 19.5 Å². The molecule has 26 heavy (non-hydrogen) atoms. The molecule has 0 amide bonds. The highest BCUT2D eigenvalue weighted by molar-refractivity contribution is 14.0. The number of nitrogens with zero attached hydrogens (tertiary/aromatic N) is 2. The van der Waals surface area contributed by atoms with E-state index >= 15 is 0 Å². The van der Waals surface area contributed by atoms with Crippen molar-refractivity contribution >= 4 is 40.0 Å². The van der Waals surface area contributed by atoms with Crippen molar-refractivity contribution in [1.29, 1.82) is 0 Å². The smallest absolute Gasteiger partial charge is 0.241 e. The third-order valence-corrected chi connectivity index (χ3v) is 5.95. The molecular formula is C18H31IN4O2S. The molecule has 8 heteroatoms. The van der Waals surface area contributed by atoms with Gasteiger partial charge in [-0.05, 0) is 51.2 Å². The van der Waals surface area contributed by atoms with E-state index in [1.165, 1.54) is 6.42 Å². The third-order valence-electron chi connectivity index (χ3n) is 4.10. The average Bonchev–Trinajstić information content (AvgIpc) is 2.50. The van der Waals surface area contributed by atoms with Crippen LogP contribution >= 0.6 is 24.0 Å². The first kappa shape index (κ1) is 23.2. The first-order valence-corrected chi connectivity index (χ1v) is 10.2. The van der Waals surface area contributed by atoms with Gasteiger partial charge in [0.1, 0.15) is 0 Å². The zero-order valence-corrected chi connectivity index (χ0v) is 19.2. The quantitative estimate of drug-likeness (QED) is 0.383. The summed E-state index contributed by atoms with van der Waals surface area (Å²) in [5, 5.41) is 0. The Morgan fingerprint density at radius 2 is 2.00 bits per heavy atom. The standard InChI is InChI=1S/C18H30N4O2S.HI/c1-14-8-7-11-22(13-14)17(19)20-12-15-9-5-6-10-16(15)25(23,24)21-18(2,3)4;/h5-6,9-10,14,21H,7-8,11-13H2,1-4H3,(H2,19,20);1H. The predicted molar refractivity (Wildman–Crippen MR) is 117 cm³/mol. The summed E-state index contributed by atoms with van der Waals surface area (Å²) in [6, 6.07) is 6.94. The van der Waals surface area contributed by atoms with Crippen LogP contribution in [-0.4, -0.2) is 37.9 Å². The van der Waals surface area contributed by atoms with Crippen molar-refractivity contribution < 1.29 is 8.42 Å². The summed E-state index contributed by atoms with van der Waals surface area (Å²) in [5.74, 6) is 1.09. The van der Waals surface area contributed by atoms with E-state index in [1.54, 1.807) is 18.2 Å². The van der Waals surface area contributed by atoms with Crippen LogP contribution in [0.3, 0.4) is 0 Å². The van der Waals surface area contributed by atoms with Gasteiger partial charge < -0.3 is 10.6 Å². The second-order valence-corrected chi connectivity index (χ2v) is 9.48. The van der Waals surface area contributed by atoms with Gasteiger partial charge in [0.05, 0.1) is 11.4 Å². The van der Waals surface area contributed by atoms with Crippen LogP contribution in [0.5, 0.6) is 0 Å². The minimum Gasteiger partial charge on any atom is -0.370 e. The summed E-state index contributed by atoms with van der Waals surface area (Å²) >= 11 is 0. The zero-order valence-electron chi connectivity index (χ0n) is 16.0. The second kappa shape index (κ2) is 9.36. The van der Waals surface area contributed by atoms with Crippen LogP contribution in [0.25, 0.3) is 0 Å². The summed E-state index contributed by atoms with van der Waals surface area (Å²) in [6.07, 6.45) is 2.32. The Hall–Kier alpha value is -0.870. The average molecular weight is 494 g/mol. The van der Waals surface area contributed by atoms with E-state index in [2.05, 4.69) is 21.5 Å². The van der Waals surface area contributed by atoms with E-state index in [1.807, 2.05) is 26.8 Å². The molecular weight excluding hydrogens is 463 g/mol. The molecule has 0 radical (unpaired) electrons. The van der Waals surface area contributed by atoms with Gasteiger partial charge in [-0.1, -0.05) is 25.1 Å². The lowest BCUT2D eigenvalue weighted by Crippen LogP contribution is -2.43. The number of benzene rings is 1. The maximum Gasteiger partial charge on any atom is 0.241 e. The van der Waals surface area contributed by atoms with Crippen molar-refractivity contribution in [3.05, 3.63) is 29.8 Å². The molecule has 1 aromatic rings. The molecule has 0 saturated carbocycles. The van der Waals surface area contributed by atoms with Gasteiger partial charge in [0.25, 0.3) is 0 Å². The monoisotopic (exact) mass is 494 g/mol. The molecule has 3 N–H and O–H groups in total. The first-order valence-electron chi connectivity index (χ1n) is 8.75. The van der Waals surface area contributed by atoms with Crippen LogP contribution in [0.2, 0.25) is 0 Å². The molecule has 6 nitrogen and oxygen atoms in total. The van der Waals surface area contributed by atoms with Gasteiger partial charge in [0.15, 0.2) is 5.96 Å². The normalized spacial score (nSPS) is 19.2. The highest BCUT2D eigenvalue weighted by Gasteiger charge is 2.24. The summed E-state index contributed by atoms with van der Waals surface area (Å²) in [7, 11) is -3.60. The number of nitrogens with one attached hydrogen (secondary N) is 1. The maximum atomic E-state index is 12.7. The highest BCUT2D eigenvalue weighted by atomic mass is 127. The number of sulfonamides is 1. The van der Waals surface area contributed by atoms with E-state index < -0.39 is 15.6 Å². The maximum absolute atomic E-state index is 12.7. The number of piperidine rings is 1. The summed E-state index contributed by atoms with van der Waals surface area (Å²) < 4.78 is 28.0. The van der Waals surface area contributed by atoms with Gasteiger partial charge >= 0.3 is 0 Å². The van der Waals surface area contributed by atoms with Crippen molar-refractivity contribution in [3.63, 3.8) is 0 Å². The molecule has 1 heterocycles. The Morgan fingerprint density at radius 1 is 1.35 bits per heavy atom. The molecule has 2 rings (SSSR count). The third kappa shape index (κ3) is 6.70. The Kier molecular flexibility index (Phi) is 8.34. The minimum atomic E-state index is -3.60. The van der Waals surface area contributed by atoms with E-state index in [9.17, 15) is 8.42 Å². The highest BCUT2D eigenvalue weighted by Crippen LogP contribution is 2.19. The minimum absolute atomic E-state index is 0. The van der Waals surface area contributed by atoms with Crippen LogP contribution < -0.4 is 10.5 Å². The van der Waals surface area contributed by atoms with Crippen LogP contribution in [0.1, 0.15) is 46.1 Å². The molecule has 0 bridgehead atoms. The molecule has 1 unspecified atom stereocenters. The fourth-order valence-electron chi connectivity index (χ4n) is 3.02. The fraction of sp³-hybridized carbons (Fsp3) is 0.611. The van der Waals surface area contributed by atoms with Gasteiger partial charge in [-0.2, -0.15) is 0 Å². The van der Waals surface area contributed by atoms with Crippen molar-refractivity contribution in [2.45, 2.75) is 57.5 Å². The Balaban J connectivity index is 0.00000338. The first-order chi connectivity index (χ1) is 11.6. The Bertz CT molecular complexity index is 729. The molecule has 1 aliphatic rings. The van der Waals surface area contributed by atoms with Gasteiger partial charge in [0.2, 0.25) is 10.0 Å². The lowest BCUT2D eigenvalue weighted by Gasteiger charge is -2.31. The SMILES string of the molecule is CC1CCCN(C(N)=NCc2ccccc2S(=O)(=O)NC(C)(C)C)C1.I. The van der Waals surface area contributed by atoms with Crippen molar-refractivity contribution in [3.8, 4) is 0 Å². The van der Waals surface area contributed by atoms with E-state index in [0.29, 0.717) is 17.4 Å². The van der Waals surface area contributed by atoms with Crippen LogP contribution in [0, 0.1) is 5.92 Å². The summed E-state index contributed by atoms with van der Waals surface area (Å²) in [5.41, 5.74) is 6.23. The van der Waals surface area contributed by atoms with Crippen LogP contribution in [0.4, 0.5) is 0 Å². The molecule has 0 aromatic heterocycles. The van der Waals surface area contributed by atoms with Crippen molar-refractivity contribution in [2.24, 2.45) is 16.6 Å². The number of aliphatic imine (C=N–C) groups is 1. The van der Waals surface area contributed by atoms with Crippen LogP contribution in [-0.2, 0) is 16.6 Å². The Labute approximate surface area is 174 Å². The zero-order chi connectivity index (χ0) is 18.7. The molecule has 1 atom stereocenters. The van der Waals surface area contributed by atoms with Gasteiger partial charge in [0, 0.05) is 18.6 Å². The number of guanidine groups is 1. The largest absolute Gasteiger partial charge is 0.370 e. The molecule has 1 fully saturated rings. The molecule has 0 spiro atoms. The number of hydrogen-bond donors (Lipinski definition) is 2. The number of hydrogen-bond acceptors (Lipinski definition) is 3. The number of nitrogens with two attached hydrogens (primary N) is 1. The van der Waals surface area contributed by atoms with Crippen molar-refractivity contribution in [2.75, 3.05) is 13.1 Å². The molecule has 0 aliphatic carbocycles. The number of likely N-dealkylation sites (tertiary alicyclic amines) is 1. The van der Waals surface area contributed by atoms with Crippen LogP contribution in [0.15, 0.2) is 34.2 Å². The molecule has 148 valence electrons. The van der Waals surface area contributed by atoms with Gasteiger partial charge in [-0.25, -0.2) is 18.1 Å². The van der Waals surface area contributed by atoms with E-state index in [-0.39, 0.29) is 35.4 Å². The molecule has 1 aliphatic heterocycles. The molecule has 1 saturated heterocycles. The van der Waals surface area contributed by atoms with Crippen molar-refractivity contribution in [1.82, 2.24) is 9.62 Å².